The standard InChI is InChI=1S/C12H10ClF3N2O2/c1-18-10(17-5-9(19)11(18)20)6-2-3-8(13)7(4-6)12(14,15)16/h4-5,19H,2-3H2,1H3. The van der Waals surface area contributed by atoms with Gasteiger partial charge in [-0.3, -0.25) is 9.36 Å². The number of aromatic hydroxyl groups is 1. The van der Waals surface area contributed by atoms with E-state index in [-0.39, 0.29) is 29.3 Å². The summed E-state index contributed by atoms with van der Waals surface area (Å²) in [5.74, 6) is -0.476. The van der Waals surface area contributed by atoms with E-state index in [1.807, 2.05) is 0 Å². The molecule has 1 N–H and O–H groups in total. The fourth-order valence-electron chi connectivity index (χ4n) is 1.95. The molecule has 108 valence electrons. The maximum atomic E-state index is 12.8. The Hall–Kier alpha value is -1.76. The molecule has 0 radical (unpaired) electrons. The van der Waals surface area contributed by atoms with Gasteiger partial charge in [-0.05, 0) is 24.5 Å². The zero-order chi connectivity index (χ0) is 15.1. The predicted octanol–water partition coefficient (Wildman–Crippen LogP) is 2.72. The third kappa shape index (κ3) is 2.58. The van der Waals surface area contributed by atoms with Crippen LogP contribution < -0.4 is 5.56 Å². The number of halogens is 4. The third-order valence-electron chi connectivity index (χ3n) is 2.97. The number of hydrogen-bond acceptors (Lipinski definition) is 3. The van der Waals surface area contributed by atoms with Crippen LogP contribution >= 0.6 is 11.6 Å². The van der Waals surface area contributed by atoms with Crippen LogP contribution in [-0.2, 0) is 7.05 Å². The molecule has 1 aliphatic carbocycles. The highest BCUT2D eigenvalue weighted by molar-refractivity contribution is 6.30. The van der Waals surface area contributed by atoms with Crippen LogP contribution in [0.5, 0.6) is 5.75 Å². The summed E-state index contributed by atoms with van der Waals surface area (Å²) in [7, 11) is 1.33. The number of allylic oxidation sites excluding steroid dienone is 4. The van der Waals surface area contributed by atoms with Crippen LogP contribution in [0.25, 0.3) is 5.57 Å². The predicted molar refractivity (Wildman–Crippen MR) is 67.3 cm³/mol. The number of nitrogens with zero attached hydrogens (tertiary/aromatic N) is 2. The van der Waals surface area contributed by atoms with Gasteiger partial charge >= 0.3 is 6.18 Å². The molecule has 0 saturated carbocycles. The molecule has 0 fully saturated rings. The summed E-state index contributed by atoms with van der Waals surface area (Å²) >= 11 is 5.60. The lowest BCUT2D eigenvalue weighted by atomic mass is 9.98. The molecule has 8 heteroatoms. The Morgan fingerprint density at radius 1 is 1.40 bits per heavy atom. The van der Waals surface area contributed by atoms with Crippen molar-refractivity contribution in [2.45, 2.75) is 19.0 Å². The van der Waals surface area contributed by atoms with Gasteiger partial charge in [0.15, 0.2) is 5.75 Å². The molecule has 0 amide bonds. The Morgan fingerprint density at radius 2 is 2.05 bits per heavy atom. The molecule has 20 heavy (non-hydrogen) atoms. The summed E-state index contributed by atoms with van der Waals surface area (Å²) in [5.41, 5.74) is -1.39. The van der Waals surface area contributed by atoms with Crippen LogP contribution in [0.15, 0.2) is 27.7 Å². The minimum atomic E-state index is -4.56. The van der Waals surface area contributed by atoms with E-state index in [1.165, 1.54) is 7.05 Å². The first-order chi connectivity index (χ1) is 9.21. The topological polar surface area (TPSA) is 55.1 Å². The maximum absolute atomic E-state index is 12.8. The van der Waals surface area contributed by atoms with Crippen molar-refractivity contribution in [1.82, 2.24) is 9.55 Å². The first-order valence-electron chi connectivity index (χ1n) is 5.63. The maximum Gasteiger partial charge on any atom is 0.417 e. The Morgan fingerprint density at radius 3 is 2.65 bits per heavy atom. The molecule has 0 saturated heterocycles. The van der Waals surface area contributed by atoms with Gasteiger partial charge in [0.25, 0.3) is 5.56 Å². The van der Waals surface area contributed by atoms with Crippen LogP contribution in [0.4, 0.5) is 13.2 Å². The number of alkyl halides is 3. The van der Waals surface area contributed by atoms with Gasteiger partial charge in [-0.2, -0.15) is 13.2 Å². The van der Waals surface area contributed by atoms with Crippen LogP contribution in [-0.4, -0.2) is 20.8 Å². The molecule has 4 nitrogen and oxygen atoms in total. The van der Waals surface area contributed by atoms with Gasteiger partial charge in [0.05, 0.1) is 11.8 Å². The van der Waals surface area contributed by atoms with Gasteiger partial charge in [0.2, 0.25) is 0 Å². The van der Waals surface area contributed by atoms with Crippen molar-refractivity contribution >= 4 is 17.2 Å². The van der Waals surface area contributed by atoms with E-state index in [9.17, 15) is 23.1 Å². The summed E-state index contributed by atoms with van der Waals surface area (Å²) in [4.78, 5) is 15.4. The summed E-state index contributed by atoms with van der Waals surface area (Å²) < 4.78 is 39.4. The van der Waals surface area contributed by atoms with Crippen molar-refractivity contribution in [2.24, 2.45) is 7.05 Å². The van der Waals surface area contributed by atoms with Crippen LogP contribution in [0, 0.1) is 0 Å². The normalized spacial score (nSPS) is 16.4. The Kier molecular flexibility index (Phi) is 3.64. The Balaban J connectivity index is 2.56. The molecule has 0 unspecified atom stereocenters. The van der Waals surface area contributed by atoms with E-state index < -0.39 is 23.1 Å². The smallest absolute Gasteiger partial charge is 0.417 e. The summed E-state index contributed by atoms with van der Waals surface area (Å²) in [6, 6.07) is 0. The molecule has 0 aliphatic heterocycles. The molecule has 1 heterocycles. The van der Waals surface area contributed by atoms with Crippen molar-refractivity contribution in [3.8, 4) is 5.75 Å². The SMILES string of the molecule is Cn1c(C2=CC(C(F)(F)F)=C(Cl)CC2)ncc(O)c1=O. The lowest BCUT2D eigenvalue weighted by molar-refractivity contribution is -0.0888. The number of rotatable bonds is 1. The highest BCUT2D eigenvalue weighted by Gasteiger charge is 2.36. The Labute approximate surface area is 116 Å². The minimum absolute atomic E-state index is 0.0268. The number of aromatic nitrogens is 2. The van der Waals surface area contributed by atoms with Crippen molar-refractivity contribution in [3.63, 3.8) is 0 Å². The van der Waals surface area contributed by atoms with Crippen molar-refractivity contribution < 1.29 is 18.3 Å². The largest absolute Gasteiger partial charge is 0.502 e. The van der Waals surface area contributed by atoms with Gasteiger partial charge in [0, 0.05) is 12.1 Å². The Bertz CT molecular complexity index is 674. The van der Waals surface area contributed by atoms with E-state index in [1.54, 1.807) is 0 Å². The average Bonchev–Trinajstić information content (AvgIpc) is 2.36. The molecule has 1 aliphatic rings. The van der Waals surface area contributed by atoms with Crippen molar-refractivity contribution in [2.75, 3.05) is 0 Å². The number of hydrogen-bond donors (Lipinski definition) is 1. The zero-order valence-electron chi connectivity index (χ0n) is 10.3. The van der Waals surface area contributed by atoms with E-state index >= 15 is 0 Å². The van der Waals surface area contributed by atoms with E-state index in [0.29, 0.717) is 0 Å². The van der Waals surface area contributed by atoms with Crippen molar-refractivity contribution in [3.05, 3.63) is 39.1 Å². The molecule has 0 bridgehead atoms. The van der Waals surface area contributed by atoms with Gasteiger partial charge in [0.1, 0.15) is 5.82 Å². The average molecular weight is 307 g/mol. The molecule has 1 aromatic rings. The second kappa shape index (κ2) is 4.97. The highest BCUT2D eigenvalue weighted by atomic mass is 35.5. The molecular formula is C12H10ClF3N2O2. The first kappa shape index (κ1) is 14.6. The van der Waals surface area contributed by atoms with E-state index in [4.69, 9.17) is 11.6 Å². The van der Waals surface area contributed by atoms with Crippen LogP contribution in [0.1, 0.15) is 18.7 Å². The van der Waals surface area contributed by atoms with Gasteiger partial charge in [-0.25, -0.2) is 4.98 Å². The second-order valence-electron chi connectivity index (χ2n) is 4.32. The highest BCUT2D eigenvalue weighted by Crippen LogP contribution is 2.39. The second-order valence-corrected chi connectivity index (χ2v) is 4.77. The molecular weight excluding hydrogens is 297 g/mol. The quantitative estimate of drug-likeness (QED) is 0.868. The van der Waals surface area contributed by atoms with E-state index in [2.05, 4.69) is 4.98 Å². The van der Waals surface area contributed by atoms with E-state index in [0.717, 1.165) is 16.8 Å². The lowest BCUT2D eigenvalue weighted by Crippen LogP contribution is -2.22. The molecule has 0 atom stereocenters. The summed E-state index contributed by atoms with van der Waals surface area (Å²) in [6.45, 7) is 0. The fraction of sp³-hybridized carbons (Fsp3) is 0.333. The van der Waals surface area contributed by atoms with Crippen LogP contribution in [0.3, 0.4) is 0 Å². The zero-order valence-corrected chi connectivity index (χ0v) is 11.1. The monoisotopic (exact) mass is 306 g/mol. The van der Waals surface area contributed by atoms with Crippen molar-refractivity contribution in [1.29, 1.82) is 0 Å². The molecule has 0 aromatic carbocycles. The summed E-state index contributed by atoms with van der Waals surface area (Å²) in [6.07, 6.45) is -2.47. The lowest BCUT2D eigenvalue weighted by Gasteiger charge is -2.19. The fourth-order valence-corrected chi connectivity index (χ4v) is 2.20. The third-order valence-corrected chi connectivity index (χ3v) is 3.36. The minimum Gasteiger partial charge on any atom is -0.502 e. The van der Waals surface area contributed by atoms with Gasteiger partial charge in [-0.15, -0.1) is 0 Å². The molecule has 0 spiro atoms. The molecule has 2 rings (SSSR count). The summed E-state index contributed by atoms with van der Waals surface area (Å²) in [5, 5.41) is 8.96. The van der Waals surface area contributed by atoms with Gasteiger partial charge < -0.3 is 5.11 Å². The first-order valence-corrected chi connectivity index (χ1v) is 6.01. The molecule has 1 aromatic heterocycles. The van der Waals surface area contributed by atoms with Gasteiger partial charge in [-0.1, -0.05) is 11.6 Å². The van der Waals surface area contributed by atoms with Crippen LogP contribution in [0.2, 0.25) is 0 Å².